The molecule has 0 aliphatic rings. The Hall–Kier alpha value is -3.02. The number of nitrogens with one attached hydrogen (secondary N) is 1. The van der Waals surface area contributed by atoms with E-state index >= 15 is 0 Å². The Morgan fingerprint density at radius 1 is 1.00 bits per heavy atom. The van der Waals surface area contributed by atoms with Crippen LogP contribution in [0.25, 0.3) is 0 Å². The fraction of sp³-hybridized carbons (Fsp3) is 0.364. The predicted octanol–water partition coefficient (Wildman–Crippen LogP) is 2.37. The molecule has 0 unspecified atom stereocenters. The number of carbonyl (C=O) groups is 2. The number of methoxy groups -OCH3 is 1. The van der Waals surface area contributed by atoms with Gasteiger partial charge >= 0.3 is 0 Å². The first-order valence-corrected chi connectivity index (χ1v) is 9.05. The Bertz CT molecular complexity index is 791. The summed E-state index contributed by atoms with van der Waals surface area (Å²) in [4.78, 5) is 23.4. The Morgan fingerprint density at radius 2 is 1.57 bits per heavy atom. The zero-order chi connectivity index (χ0) is 20.7. The summed E-state index contributed by atoms with van der Waals surface area (Å²) in [6.45, 7) is 6.06. The highest BCUT2D eigenvalue weighted by Crippen LogP contribution is 2.25. The second-order valence-electron chi connectivity index (χ2n) is 7.53. The van der Waals surface area contributed by atoms with Gasteiger partial charge in [-0.25, -0.2) is 0 Å². The van der Waals surface area contributed by atoms with Crippen molar-refractivity contribution in [3.8, 4) is 11.5 Å². The minimum Gasteiger partial charge on any atom is -0.550 e. The molecule has 0 fully saturated rings. The van der Waals surface area contributed by atoms with E-state index in [1.165, 1.54) is 0 Å². The first-order chi connectivity index (χ1) is 13.2. The van der Waals surface area contributed by atoms with E-state index < -0.39 is 17.9 Å². The van der Waals surface area contributed by atoms with Crippen molar-refractivity contribution in [1.29, 1.82) is 0 Å². The van der Waals surface area contributed by atoms with Gasteiger partial charge in [-0.05, 0) is 40.8 Å². The molecule has 0 saturated heterocycles. The van der Waals surface area contributed by atoms with E-state index in [4.69, 9.17) is 9.47 Å². The summed E-state index contributed by atoms with van der Waals surface area (Å²) in [6, 6.07) is 13.7. The van der Waals surface area contributed by atoms with Crippen LogP contribution in [-0.2, 0) is 15.0 Å². The van der Waals surface area contributed by atoms with E-state index in [-0.39, 0.29) is 18.4 Å². The van der Waals surface area contributed by atoms with Gasteiger partial charge in [-0.3, -0.25) is 4.79 Å². The molecule has 1 N–H and O–H groups in total. The number of amides is 1. The van der Waals surface area contributed by atoms with E-state index in [0.717, 1.165) is 5.56 Å². The number of rotatable bonds is 8. The maximum Gasteiger partial charge on any atom is 0.258 e. The minimum absolute atomic E-state index is 0.0160. The van der Waals surface area contributed by atoms with Crippen molar-refractivity contribution < 1.29 is 24.2 Å². The molecule has 1 atom stereocenters. The van der Waals surface area contributed by atoms with Crippen LogP contribution in [0.4, 0.5) is 0 Å². The fourth-order valence-corrected chi connectivity index (χ4v) is 2.69. The molecule has 6 nitrogen and oxygen atoms in total. The van der Waals surface area contributed by atoms with Crippen LogP contribution in [0.5, 0.6) is 11.5 Å². The zero-order valence-corrected chi connectivity index (χ0v) is 16.7. The van der Waals surface area contributed by atoms with Gasteiger partial charge in [0.1, 0.15) is 11.5 Å². The normalized spacial score (nSPS) is 12.1. The molecule has 0 aliphatic heterocycles. The Morgan fingerprint density at radius 3 is 2.07 bits per heavy atom. The highest BCUT2D eigenvalue weighted by Gasteiger charge is 2.18. The van der Waals surface area contributed by atoms with Crippen LogP contribution >= 0.6 is 0 Å². The van der Waals surface area contributed by atoms with Crippen LogP contribution in [-0.4, -0.2) is 25.6 Å². The molecular formula is C22H26NO5-. The van der Waals surface area contributed by atoms with E-state index in [0.29, 0.717) is 17.1 Å². The molecule has 2 aromatic rings. The zero-order valence-electron chi connectivity index (χ0n) is 16.7. The fourth-order valence-electron chi connectivity index (χ4n) is 2.69. The van der Waals surface area contributed by atoms with Crippen molar-refractivity contribution >= 4 is 11.9 Å². The molecule has 0 heterocycles. The Balaban J connectivity index is 2.02. The first-order valence-electron chi connectivity index (χ1n) is 9.05. The molecule has 2 aromatic carbocycles. The van der Waals surface area contributed by atoms with Gasteiger partial charge in [0.25, 0.3) is 5.91 Å². The lowest BCUT2D eigenvalue weighted by Gasteiger charge is -2.23. The summed E-state index contributed by atoms with van der Waals surface area (Å²) in [5.74, 6) is -0.449. The van der Waals surface area contributed by atoms with Crippen molar-refractivity contribution in [2.24, 2.45) is 0 Å². The van der Waals surface area contributed by atoms with Gasteiger partial charge in [-0.15, -0.1) is 0 Å². The number of benzene rings is 2. The monoisotopic (exact) mass is 384 g/mol. The highest BCUT2D eigenvalue weighted by atomic mass is 16.5. The molecule has 28 heavy (non-hydrogen) atoms. The topological polar surface area (TPSA) is 87.7 Å². The van der Waals surface area contributed by atoms with E-state index in [1.54, 1.807) is 31.4 Å². The van der Waals surface area contributed by atoms with Crippen LogP contribution in [0.3, 0.4) is 0 Å². The second-order valence-corrected chi connectivity index (χ2v) is 7.53. The SMILES string of the molecule is COc1ccc(OCC(=O)N[C@@H](CC(=O)[O-])c2ccc(C(C)(C)C)cc2)cc1. The van der Waals surface area contributed by atoms with Crippen LogP contribution in [0.2, 0.25) is 0 Å². The molecular weight excluding hydrogens is 358 g/mol. The smallest absolute Gasteiger partial charge is 0.258 e. The Kier molecular flexibility index (Phi) is 7.04. The van der Waals surface area contributed by atoms with Gasteiger partial charge in [0, 0.05) is 12.4 Å². The van der Waals surface area contributed by atoms with E-state index in [9.17, 15) is 14.7 Å². The molecule has 0 saturated carbocycles. The molecule has 0 aliphatic carbocycles. The van der Waals surface area contributed by atoms with Crippen molar-refractivity contribution in [3.63, 3.8) is 0 Å². The molecule has 0 aromatic heterocycles. The molecule has 2 rings (SSSR count). The van der Waals surface area contributed by atoms with Crippen molar-refractivity contribution in [2.75, 3.05) is 13.7 Å². The standard InChI is InChI=1S/C22H27NO5/c1-22(2,3)16-7-5-15(6-8-16)19(13-21(25)26)23-20(24)14-28-18-11-9-17(27-4)10-12-18/h5-12,19H,13-14H2,1-4H3,(H,23,24)(H,25,26)/p-1/t19-/m0/s1. The summed E-state index contributed by atoms with van der Waals surface area (Å²) in [7, 11) is 1.56. The van der Waals surface area contributed by atoms with Gasteiger partial charge in [0.15, 0.2) is 6.61 Å². The minimum atomic E-state index is -1.23. The highest BCUT2D eigenvalue weighted by molar-refractivity contribution is 5.79. The third kappa shape index (κ3) is 6.30. The van der Waals surface area contributed by atoms with Gasteiger partial charge in [0.05, 0.1) is 13.2 Å². The maximum atomic E-state index is 12.3. The van der Waals surface area contributed by atoms with Gasteiger partial charge in [-0.1, -0.05) is 45.0 Å². The third-order valence-corrected chi connectivity index (χ3v) is 4.31. The van der Waals surface area contributed by atoms with Crippen LogP contribution in [0.15, 0.2) is 48.5 Å². The average molecular weight is 384 g/mol. The molecule has 0 radical (unpaired) electrons. The second kappa shape index (κ2) is 9.26. The summed E-state index contributed by atoms with van der Waals surface area (Å²) >= 11 is 0. The number of hydrogen-bond acceptors (Lipinski definition) is 5. The Labute approximate surface area is 165 Å². The summed E-state index contributed by atoms with van der Waals surface area (Å²) < 4.78 is 10.5. The number of carbonyl (C=O) groups excluding carboxylic acids is 2. The lowest BCUT2D eigenvalue weighted by Crippen LogP contribution is -2.36. The predicted molar refractivity (Wildman–Crippen MR) is 104 cm³/mol. The van der Waals surface area contributed by atoms with Gasteiger partial charge in [-0.2, -0.15) is 0 Å². The van der Waals surface area contributed by atoms with Crippen molar-refractivity contribution in [1.82, 2.24) is 5.32 Å². The van der Waals surface area contributed by atoms with E-state index in [1.807, 2.05) is 24.3 Å². The quantitative estimate of drug-likeness (QED) is 0.755. The first kappa shape index (κ1) is 21.3. The van der Waals surface area contributed by atoms with E-state index in [2.05, 4.69) is 26.1 Å². The number of hydrogen-bond donors (Lipinski definition) is 1. The van der Waals surface area contributed by atoms with Crippen LogP contribution in [0.1, 0.15) is 44.4 Å². The molecule has 0 spiro atoms. The molecule has 0 bridgehead atoms. The summed E-state index contributed by atoms with van der Waals surface area (Å²) in [6.07, 6.45) is -0.316. The lowest BCUT2D eigenvalue weighted by atomic mass is 9.86. The number of aliphatic carboxylic acids is 1. The average Bonchev–Trinajstić information content (AvgIpc) is 2.65. The van der Waals surface area contributed by atoms with Crippen molar-refractivity contribution in [3.05, 3.63) is 59.7 Å². The largest absolute Gasteiger partial charge is 0.550 e. The molecule has 6 heteroatoms. The molecule has 1 amide bonds. The lowest BCUT2D eigenvalue weighted by molar-refractivity contribution is -0.306. The summed E-state index contributed by atoms with van der Waals surface area (Å²) in [5.41, 5.74) is 1.81. The van der Waals surface area contributed by atoms with Crippen molar-refractivity contribution in [2.45, 2.75) is 38.6 Å². The number of ether oxygens (including phenoxy) is 2. The van der Waals surface area contributed by atoms with Gasteiger partial charge in [0.2, 0.25) is 0 Å². The molecule has 150 valence electrons. The van der Waals surface area contributed by atoms with Crippen LogP contribution in [0, 0.1) is 0 Å². The summed E-state index contributed by atoms with van der Waals surface area (Å²) in [5, 5.41) is 13.8. The maximum absolute atomic E-state index is 12.3. The van der Waals surface area contributed by atoms with Gasteiger partial charge < -0.3 is 24.7 Å². The third-order valence-electron chi connectivity index (χ3n) is 4.31. The van der Waals surface area contributed by atoms with Crippen LogP contribution < -0.4 is 19.9 Å². The number of carboxylic acid groups (broad SMARTS) is 1. The number of carboxylic acids is 1.